The van der Waals surface area contributed by atoms with E-state index in [0.717, 1.165) is 11.3 Å². The van der Waals surface area contributed by atoms with Crippen LogP contribution in [0.25, 0.3) is 0 Å². The van der Waals surface area contributed by atoms with E-state index in [1.54, 1.807) is 21.3 Å². The number of rotatable bonds is 3. The fraction of sp³-hybridized carbons (Fsp3) is 0.364. The minimum Gasteiger partial charge on any atom is -0.553 e. The van der Waals surface area contributed by atoms with Crippen LogP contribution in [0.4, 0.5) is 0 Å². The van der Waals surface area contributed by atoms with Crippen molar-refractivity contribution in [2.24, 2.45) is 0 Å². The Hall–Kier alpha value is -1.35. The van der Waals surface area contributed by atoms with E-state index in [0.29, 0.717) is 18.3 Å². The molecule has 0 saturated carbocycles. The van der Waals surface area contributed by atoms with Crippen LogP contribution in [0, 0.1) is 6.10 Å². The van der Waals surface area contributed by atoms with Crippen LogP contribution in [-0.2, 0) is 14.2 Å². The van der Waals surface area contributed by atoms with Gasteiger partial charge in [-0.2, -0.15) is 6.08 Å². The van der Waals surface area contributed by atoms with Gasteiger partial charge in [-0.05, 0) is 6.42 Å². The summed E-state index contributed by atoms with van der Waals surface area (Å²) in [4.78, 5) is 0. The Morgan fingerprint density at radius 2 is 2.00 bits per heavy atom. The highest BCUT2D eigenvalue weighted by Crippen LogP contribution is 2.28. The predicted octanol–water partition coefficient (Wildman–Crippen LogP) is 2.19. The largest absolute Gasteiger partial charge is 0.553 e. The topological polar surface area (TPSA) is 27.7 Å². The third kappa shape index (κ3) is 2.12. The summed E-state index contributed by atoms with van der Waals surface area (Å²) in [6.45, 7) is 3.88. The zero-order valence-corrected chi connectivity index (χ0v) is 8.79. The van der Waals surface area contributed by atoms with E-state index in [1.165, 1.54) is 0 Å². The molecule has 0 aromatic heterocycles. The summed E-state index contributed by atoms with van der Waals surface area (Å²) >= 11 is 0. The zero-order chi connectivity index (χ0) is 10.6. The van der Waals surface area contributed by atoms with E-state index < -0.39 is 0 Å². The highest BCUT2D eigenvalue weighted by molar-refractivity contribution is 5.36. The van der Waals surface area contributed by atoms with Gasteiger partial charge in [0.15, 0.2) is 0 Å². The van der Waals surface area contributed by atoms with Gasteiger partial charge in [0, 0.05) is 19.0 Å². The van der Waals surface area contributed by atoms with Crippen molar-refractivity contribution in [3.8, 4) is 0 Å². The number of methoxy groups -OCH3 is 3. The van der Waals surface area contributed by atoms with Gasteiger partial charge in [-0.25, -0.2) is 0 Å². The van der Waals surface area contributed by atoms with Gasteiger partial charge in [-0.1, -0.05) is 0 Å². The Morgan fingerprint density at radius 1 is 1.29 bits per heavy atom. The molecule has 0 aromatic carbocycles. The van der Waals surface area contributed by atoms with Gasteiger partial charge in [0.25, 0.3) is 0 Å². The molecule has 0 fully saturated rings. The summed E-state index contributed by atoms with van der Waals surface area (Å²) in [7, 11) is 4.80. The van der Waals surface area contributed by atoms with Gasteiger partial charge >= 0.3 is 0 Å². The molecule has 3 heteroatoms. The van der Waals surface area contributed by atoms with E-state index in [-0.39, 0.29) is 0 Å². The average Bonchev–Trinajstić information content (AvgIpc) is 2.36. The second-order valence-electron chi connectivity index (χ2n) is 2.90. The third-order valence-corrected chi connectivity index (χ3v) is 2.01. The molecule has 0 aliphatic heterocycles. The molecule has 0 spiro atoms. The van der Waals surface area contributed by atoms with Crippen LogP contribution in [0.15, 0.2) is 35.8 Å². The van der Waals surface area contributed by atoms with Crippen LogP contribution >= 0.6 is 0 Å². The Bertz CT molecular complexity index is 276. The van der Waals surface area contributed by atoms with E-state index in [4.69, 9.17) is 14.2 Å². The van der Waals surface area contributed by atoms with Crippen LogP contribution in [0.1, 0.15) is 6.42 Å². The van der Waals surface area contributed by atoms with Gasteiger partial charge in [0.1, 0.15) is 0 Å². The lowest BCUT2D eigenvalue weighted by Gasteiger charge is -2.23. The summed E-state index contributed by atoms with van der Waals surface area (Å²) in [5, 5.41) is 0. The molecule has 0 bridgehead atoms. The predicted molar refractivity (Wildman–Crippen MR) is 54.2 cm³/mol. The number of hydrogen-bond acceptors (Lipinski definition) is 3. The maximum Gasteiger partial charge on any atom is 0.0784 e. The average molecular weight is 195 g/mol. The molecule has 1 rings (SSSR count). The maximum atomic E-state index is 5.23. The summed E-state index contributed by atoms with van der Waals surface area (Å²) in [6, 6.07) is 0. The van der Waals surface area contributed by atoms with E-state index in [1.807, 2.05) is 12.2 Å². The number of ether oxygens (including phenoxy) is 3. The van der Waals surface area contributed by atoms with Crippen molar-refractivity contribution in [3.05, 3.63) is 41.9 Å². The standard InChI is InChI=1S/C11H15O3/c1-8-5-6-9(12-2)11(14-4)10(7-8)13-3/h5-6H,1,7H2,2-4H3/q-1. The molecule has 0 unspecified atom stereocenters. The molecule has 0 N–H and O–H groups in total. The van der Waals surface area contributed by atoms with Crippen LogP contribution in [0.5, 0.6) is 0 Å². The normalized spacial score (nSPS) is 17.1. The van der Waals surface area contributed by atoms with Gasteiger partial charge in [0.05, 0.1) is 20.0 Å². The molecular weight excluding hydrogens is 180 g/mol. The van der Waals surface area contributed by atoms with Crippen molar-refractivity contribution in [2.45, 2.75) is 6.42 Å². The zero-order valence-electron chi connectivity index (χ0n) is 8.79. The summed E-state index contributed by atoms with van der Waals surface area (Å²) in [6.07, 6.45) is 5.02. The van der Waals surface area contributed by atoms with Crippen LogP contribution in [0.2, 0.25) is 0 Å². The maximum absolute atomic E-state index is 5.23. The first-order chi connectivity index (χ1) is 6.72. The van der Waals surface area contributed by atoms with Crippen LogP contribution < -0.4 is 0 Å². The fourth-order valence-electron chi connectivity index (χ4n) is 1.29. The molecule has 0 aromatic rings. The Kier molecular flexibility index (Phi) is 3.65. The molecule has 1 aliphatic rings. The molecule has 3 nitrogen and oxygen atoms in total. The van der Waals surface area contributed by atoms with Crippen LogP contribution in [-0.4, -0.2) is 21.3 Å². The second kappa shape index (κ2) is 4.77. The SMILES string of the molecule is C=C1C=C[C-](OC)C(OC)=C(OC)C1. The molecule has 14 heavy (non-hydrogen) atoms. The molecular formula is C11H15O3-. The van der Waals surface area contributed by atoms with Crippen molar-refractivity contribution < 1.29 is 14.2 Å². The highest BCUT2D eigenvalue weighted by Gasteiger charge is 2.12. The van der Waals surface area contributed by atoms with Gasteiger partial charge < -0.3 is 14.2 Å². The van der Waals surface area contributed by atoms with E-state index in [2.05, 4.69) is 6.58 Å². The third-order valence-electron chi connectivity index (χ3n) is 2.01. The summed E-state index contributed by atoms with van der Waals surface area (Å²) in [5.74, 6) is 1.37. The lowest BCUT2D eigenvalue weighted by atomic mass is 10.2. The van der Waals surface area contributed by atoms with Gasteiger partial charge in [-0.3, -0.25) is 0 Å². The monoisotopic (exact) mass is 195 g/mol. The Balaban J connectivity index is 3.04. The molecule has 0 heterocycles. The Labute approximate surface area is 84.7 Å². The Morgan fingerprint density at radius 3 is 2.50 bits per heavy atom. The van der Waals surface area contributed by atoms with Crippen molar-refractivity contribution in [1.29, 1.82) is 0 Å². The van der Waals surface area contributed by atoms with Gasteiger partial charge in [0.2, 0.25) is 0 Å². The van der Waals surface area contributed by atoms with Crippen molar-refractivity contribution in [2.75, 3.05) is 21.3 Å². The number of allylic oxidation sites excluding steroid dienone is 2. The van der Waals surface area contributed by atoms with E-state index >= 15 is 0 Å². The first kappa shape index (κ1) is 10.7. The van der Waals surface area contributed by atoms with E-state index in [9.17, 15) is 0 Å². The quantitative estimate of drug-likeness (QED) is 0.646. The molecule has 0 saturated heterocycles. The molecule has 1 aliphatic carbocycles. The molecule has 78 valence electrons. The van der Waals surface area contributed by atoms with Crippen molar-refractivity contribution >= 4 is 0 Å². The minimum absolute atomic E-state index is 0.630. The van der Waals surface area contributed by atoms with Crippen molar-refractivity contribution in [3.63, 3.8) is 0 Å². The van der Waals surface area contributed by atoms with Gasteiger partial charge in [-0.15, -0.1) is 18.2 Å². The molecule has 0 atom stereocenters. The highest BCUT2D eigenvalue weighted by atomic mass is 16.5. The van der Waals surface area contributed by atoms with Crippen LogP contribution in [0.3, 0.4) is 0 Å². The number of hydrogen-bond donors (Lipinski definition) is 0. The minimum atomic E-state index is 0.630. The lowest BCUT2D eigenvalue weighted by molar-refractivity contribution is 0.155. The first-order valence-electron chi connectivity index (χ1n) is 4.31. The first-order valence-corrected chi connectivity index (χ1v) is 4.31. The lowest BCUT2D eigenvalue weighted by Crippen LogP contribution is -2.06. The smallest absolute Gasteiger partial charge is 0.0784 e. The fourth-order valence-corrected chi connectivity index (χ4v) is 1.29. The van der Waals surface area contributed by atoms with Crippen molar-refractivity contribution in [1.82, 2.24) is 0 Å². The summed E-state index contributed by atoms with van der Waals surface area (Å²) in [5.41, 5.74) is 0.962. The second-order valence-corrected chi connectivity index (χ2v) is 2.90. The summed E-state index contributed by atoms with van der Waals surface area (Å²) < 4.78 is 15.6. The molecule has 0 radical (unpaired) electrons. The molecule has 0 amide bonds.